The molecule has 0 saturated carbocycles. The number of carbonyl (C=O) groups is 1. The molecule has 9 heteroatoms. The van der Waals surface area contributed by atoms with Crippen LogP contribution in [-0.2, 0) is 16.1 Å². The van der Waals surface area contributed by atoms with Gasteiger partial charge in [-0.1, -0.05) is 78.8 Å². The zero-order chi connectivity index (χ0) is 28.9. The van der Waals surface area contributed by atoms with Crippen LogP contribution in [0, 0.1) is 0 Å². The Kier molecular flexibility index (Phi) is 10.5. The Morgan fingerprint density at radius 3 is 2.63 bits per heavy atom. The van der Waals surface area contributed by atoms with Crippen molar-refractivity contribution in [2.45, 2.75) is 44.4 Å². The number of aliphatic hydroxyl groups excluding tert-OH is 1. The summed E-state index contributed by atoms with van der Waals surface area (Å²) in [7, 11) is 0. The van der Waals surface area contributed by atoms with E-state index in [1.165, 1.54) is 0 Å². The van der Waals surface area contributed by atoms with Crippen LogP contribution in [0.2, 0.25) is 0 Å². The van der Waals surface area contributed by atoms with Crippen LogP contribution < -0.4 is 10.1 Å². The molecule has 0 spiro atoms. The van der Waals surface area contributed by atoms with E-state index in [-0.39, 0.29) is 25.5 Å². The van der Waals surface area contributed by atoms with Crippen molar-refractivity contribution in [3.63, 3.8) is 0 Å². The molecule has 3 aromatic rings. The first-order valence-corrected chi connectivity index (χ1v) is 13.8. The molecule has 0 radical (unpaired) electrons. The zero-order valence-corrected chi connectivity index (χ0v) is 23.1. The highest BCUT2D eigenvalue weighted by molar-refractivity contribution is 6.01. The first-order valence-electron chi connectivity index (χ1n) is 13.8. The van der Waals surface area contributed by atoms with Gasteiger partial charge in [-0.2, -0.15) is 0 Å². The summed E-state index contributed by atoms with van der Waals surface area (Å²) in [6, 6.07) is 24.7. The summed E-state index contributed by atoms with van der Waals surface area (Å²) in [6.45, 7) is 3.09. The number of benzene rings is 3. The largest absolute Gasteiger partial charge is 0.494 e. The second-order valence-electron chi connectivity index (χ2n) is 9.65. The maximum atomic E-state index is 14.0. The number of aliphatic hydroxyl groups is 1. The molecule has 0 bridgehead atoms. The topological polar surface area (TPSA) is 129 Å². The molecule has 9 nitrogen and oxygen atoms in total. The van der Waals surface area contributed by atoms with Gasteiger partial charge in [-0.15, -0.1) is 0 Å². The number of azide groups is 1. The number of amides is 1. The predicted molar refractivity (Wildman–Crippen MR) is 159 cm³/mol. The van der Waals surface area contributed by atoms with Crippen LogP contribution in [0.1, 0.15) is 54.5 Å². The minimum atomic E-state index is -1.31. The fraction of sp³-hybridized carbons (Fsp3) is 0.312. The lowest BCUT2D eigenvalue weighted by Crippen LogP contribution is -2.48. The normalized spacial score (nSPS) is 17.9. The number of rotatable bonds is 14. The lowest BCUT2D eigenvalue weighted by Gasteiger charge is -2.30. The average Bonchev–Trinajstić information content (AvgIpc) is 3.40. The van der Waals surface area contributed by atoms with Crippen LogP contribution in [0.5, 0.6) is 5.75 Å². The number of ether oxygens (including phenoxy) is 2. The molecule has 0 aliphatic carbocycles. The van der Waals surface area contributed by atoms with E-state index in [9.17, 15) is 4.79 Å². The Hall–Kier alpha value is -4.59. The Morgan fingerprint density at radius 1 is 1.15 bits per heavy atom. The van der Waals surface area contributed by atoms with Crippen molar-refractivity contribution < 1.29 is 19.4 Å². The molecule has 1 amide bonds. The second-order valence-corrected chi connectivity index (χ2v) is 9.65. The third kappa shape index (κ3) is 7.33. The highest BCUT2D eigenvalue weighted by Crippen LogP contribution is 2.44. The maximum Gasteiger partial charge on any atom is 0.252 e. The van der Waals surface area contributed by atoms with Crippen molar-refractivity contribution in [1.29, 1.82) is 0 Å². The molecule has 4 rings (SSSR count). The number of aliphatic imine (C=N–C) groups is 1. The molecule has 2 N–H and O–H groups in total. The number of carbonyl (C=O) groups excluding carboxylic acids is 1. The van der Waals surface area contributed by atoms with Gasteiger partial charge in [0, 0.05) is 36.5 Å². The number of nitrogens with zero attached hydrogens (tertiary/aromatic N) is 4. The zero-order valence-electron chi connectivity index (χ0n) is 23.1. The van der Waals surface area contributed by atoms with E-state index in [0.717, 1.165) is 23.1 Å². The molecule has 41 heavy (non-hydrogen) atoms. The van der Waals surface area contributed by atoms with Crippen molar-refractivity contribution in [3.05, 3.63) is 118 Å². The van der Waals surface area contributed by atoms with Crippen LogP contribution in [0.4, 0.5) is 0 Å². The van der Waals surface area contributed by atoms with E-state index in [1.807, 2.05) is 97.9 Å². The van der Waals surface area contributed by atoms with Crippen LogP contribution in [0.25, 0.3) is 16.5 Å². The molecule has 0 fully saturated rings. The summed E-state index contributed by atoms with van der Waals surface area (Å²) in [5.74, 6) is 0.768. The molecule has 1 heterocycles. The Bertz CT molecular complexity index is 1400. The van der Waals surface area contributed by atoms with Gasteiger partial charge in [0.2, 0.25) is 5.90 Å². The van der Waals surface area contributed by atoms with E-state index in [2.05, 4.69) is 15.3 Å². The van der Waals surface area contributed by atoms with Crippen LogP contribution in [0.3, 0.4) is 0 Å². The first-order chi connectivity index (χ1) is 20.1. The summed E-state index contributed by atoms with van der Waals surface area (Å²) in [6.07, 6.45) is 4.77. The SMILES string of the molecule is CCCNC(=O)[C@]1(C/C=C/c2ccccc2)N=C(c2ccc(OCCCO)cc2)O[C@@H]1c1ccccc1CN=[N+]=[N-]. The van der Waals surface area contributed by atoms with Crippen LogP contribution in [-0.4, -0.2) is 42.2 Å². The number of hydrogen-bond donors (Lipinski definition) is 2. The number of hydrogen-bond acceptors (Lipinski definition) is 6. The fourth-order valence-corrected chi connectivity index (χ4v) is 4.66. The van der Waals surface area contributed by atoms with E-state index in [1.54, 1.807) is 0 Å². The summed E-state index contributed by atoms with van der Waals surface area (Å²) >= 11 is 0. The summed E-state index contributed by atoms with van der Waals surface area (Å²) < 4.78 is 12.2. The van der Waals surface area contributed by atoms with Crippen LogP contribution >= 0.6 is 0 Å². The van der Waals surface area contributed by atoms with Gasteiger partial charge in [-0.3, -0.25) is 4.79 Å². The van der Waals surface area contributed by atoms with Crippen molar-refractivity contribution in [2.24, 2.45) is 10.1 Å². The van der Waals surface area contributed by atoms with Gasteiger partial charge < -0.3 is 19.9 Å². The molecule has 0 unspecified atom stereocenters. The van der Waals surface area contributed by atoms with Crippen molar-refractivity contribution in [1.82, 2.24) is 5.32 Å². The van der Waals surface area contributed by atoms with Crippen molar-refractivity contribution >= 4 is 17.9 Å². The molecule has 0 aromatic heterocycles. The van der Waals surface area contributed by atoms with Gasteiger partial charge >= 0.3 is 0 Å². The monoisotopic (exact) mass is 553 g/mol. The molecule has 3 aromatic carbocycles. The Balaban J connectivity index is 1.78. The molecule has 212 valence electrons. The van der Waals surface area contributed by atoms with Gasteiger partial charge in [-0.25, -0.2) is 4.99 Å². The van der Waals surface area contributed by atoms with E-state index < -0.39 is 11.6 Å². The van der Waals surface area contributed by atoms with Gasteiger partial charge in [0.15, 0.2) is 11.6 Å². The van der Waals surface area contributed by atoms with Gasteiger partial charge in [0.05, 0.1) is 13.2 Å². The Labute approximate surface area is 240 Å². The number of nitrogens with one attached hydrogen (secondary N) is 1. The maximum absolute atomic E-state index is 14.0. The average molecular weight is 554 g/mol. The third-order valence-corrected chi connectivity index (χ3v) is 6.75. The third-order valence-electron chi connectivity index (χ3n) is 6.75. The minimum absolute atomic E-state index is 0.0617. The molecule has 2 atom stereocenters. The minimum Gasteiger partial charge on any atom is -0.494 e. The molecule has 1 aliphatic heterocycles. The molecule has 0 saturated heterocycles. The highest BCUT2D eigenvalue weighted by atomic mass is 16.5. The Morgan fingerprint density at radius 2 is 1.90 bits per heavy atom. The molecular formula is C32H35N5O4. The van der Waals surface area contributed by atoms with Gasteiger partial charge in [-0.05, 0) is 52.9 Å². The molecule has 1 aliphatic rings. The fourth-order valence-electron chi connectivity index (χ4n) is 4.66. The van der Waals surface area contributed by atoms with Crippen LogP contribution in [0.15, 0.2) is 95.0 Å². The molecular weight excluding hydrogens is 518 g/mol. The first kappa shape index (κ1) is 29.4. The smallest absolute Gasteiger partial charge is 0.252 e. The lowest BCUT2D eigenvalue weighted by molar-refractivity contribution is -0.128. The predicted octanol–water partition coefficient (Wildman–Crippen LogP) is 6.14. The van der Waals surface area contributed by atoms with Crippen molar-refractivity contribution in [3.8, 4) is 5.75 Å². The van der Waals surface area contributed by atoms with E-state index in [0.29, 0.717) is 36.8 Å². The summed E-state index contributed by atoms with van der Waals surface area (Å²) in [4.78, 5) is 21.9. The van der Waals surface area contributed by atoms with Gasteiger partial charge in [0.1, 0.15) is 5.75 Å². The van der Waals surface area contributed by atoms with E-state index >= 15 is 0 Å². The summed E-state index contributed by atoms with van der Waals surface area (Å²) in [5.41, 5.74) is 10.9. The summed E-state index contributed by atoms with van der Waals surface area (Å²) in [5, 5.41) is 15.9. The van der Waals surface area contributed by atoms with Crippen molar-refractivity contribution in [2.75, 3.05) is 19.8 Å². The quantitative estimate of drug-likeness (QED) is 0.107. The highest BCUT2D eigenvalue weighted by Gasteiger charge is 2.52. The lowest BCUT2D eigenvalue weighted by atomic mass is 9.82. The second kappa shape index (κ2) is 14.7. The van der Waals surface area contributed by atoms with Gasteiger partial charge in [0.25, 0.3) is 5.91 Å². The standard InChI is InChI=1S/C32H35N5O4/c1-2-20-34-31(39)32(19-8-12-24-10-4-3-5-11-24)29(28-14-7-6-13-26(28)23-35-37-33)41-30(36-32)25-15-17-27(18-16-25)40-22-9-21-38/h3-8,10-18,29,38H,2,9,19-23H2,1H3,(H,34,39)/b12-8+/t29-,32-/m1/s1. The van der Waals surface area contributed by atoms with E-state index in [4.69, 9.17) is 25.1 Å².